The Bertz CT molecular complexity index is 636. The monoisotopic (exact) mass is 309 g/mol. The van der Waals surface area contributed by atoms with Crippen LogP contribution in [0.3, 0.4) is 0 Å². The van der Waals surface area contributed by atoms with Crippen molar-refractivity contribution in [3.05, 3.63) is 77.9 Å². The molecule has 0 spiro atoms. The first-order valence-electron chi connectivity index (χ1n) is 8.05. The molecule has 1 heterocycles. The van der Waals surface area contributed by atoms with Gasteiger partial charge in [0.1, 0.15) is 5.75 Å². The van der Waals surface area contributed by atoms with Gasteiger partial charge in [0, 0.05) is 6.54 Å². The quantitative estimate of drug-likeness (QED) is 0.622. The molecule has 2 atom stereocenters. The Morgan fingerprint density at radius 1 is 1.13 bits per heavy atom. The summed E-state index contributed by atoms with van der Waals surface area (Å²) in [4.78, 5) is 0. The van der Waals surface area contributed by atoms with Gasteiger partial charge < -0.3 is 14.8 Å². The van der Waals surface area contributed by atoms with Crippen LogP contribution in [0.1, 0.15) is 24.1 Å². The summed E-state index contributed by atoms with van der Waals surface area (Å²) in [5.41, 5.74) is 3.74. The van der Waals surface area contributed by atoms with Crippen molar-refractivity contribution in [1.82, 2.24) is 5.32 Å². The topological polar surface area (TPSA) is 30.5 Å². The van der Waals surface area contributed by atoms with Crippen LogP contribution in [0.15, 0.2) is 66.7 Å². The molecule has 0 saturated carbocycles. The minimum absolute atomic E-state index is 0.263. The number of hydrogen-bond acceptors (Lipinski definition) is 3. The zero-order valence-corrected chi connectivity index (χ0v) is 13.5. The molecule has 3 rings (SSSR count). The fourth-order valence-corrected chi connectivity index (χ4v) is 2.65. The standard InChI is InChI=1S/C20H23NO2/c1-15-14-21-20(15)18-8-10-19(11-9-18)23-16(2)22-13-12-17-6-4-3-5-7-17/h3-11,16,20-21H,1,12-14H2,2H3. The molecule has 3 nitrogen and oxygen atoms in total. The Morgan fingerprint density at radius 3 is 2.48 bits per heavy atom. The maximum absolute atomic E-state index is 5.80. The second kappa shape index (κ2) is 7.44. The normalized spacial score (nSPS) is 18.3. The number of benzene rings is 2. The Morgan fingerprint density at radius 2 is 1.87 bits per heavy atom. The summed E-state index contributed by atoms with van der Waals surface area (Å²) in [5.74, 6) is 0.825. The number of hydrogen-bond donors (Lipinski definition) is 1. The largest absolute Gasteiger partial charge is 0.465 e. The minimum Gasteiger partial charge on any atom is -0.465 e. The highest BCUT2D eigenvalue weighted by Crippen LogP contribution is 2.28. The number of nitrogens with one attached hydrogen (secondary N) is 1. The molecule has 1 N–H and O–H groups in total. The molecule has 2 unspecified atom stereocenters. The SMILES string of the molecule is C=C1CNC1c1ccc(OC(C)OCCc2ccccc2)cc1. The van der Waals surface area contributed by atoms with Crippen LogP contribution in [0.4, 0.5) is 0 Å². The van der Waals surface area contributed by atoms with Crippen LogP contribution in [0.5, 0.6) is 5.75 Å². The Kier molecular flexibility index (Phi) is 5.11. The van der Waals surface area contributed by atoms with Gasteiger partial charge in [-0.05, 0) is 42.2 Å². The molecule has 1 aliphatic rings. The van der Waals surface area contributed by atoms with Crippen molar-refractivity contribution >= 4 is 0 Å². The van der Waals surface area contributed by atoms with E-state index in [-0.39, 0.29) is 6.29 Å². The fraction of sp³-hybridized carbons (Fsp3) is 0.300. The Balaban J connectivity index is 1.44. The van der Waals surface area contributed by atoms with Gasteiger partial charge in [0.2, 0.25) is 0 Å². The van der Waals surface area contributed by atoms with Gasteiger partial charge in [-0.2, -0.15) is 0 Å². The van der Waals surface area contributed by atoms with Gasteiger partial charge in [0.25, 0.3) is 0 Å². The van der Waals surface area contributed by atoms with E-state index in [9.17, 15) is 0 Å². The molecule has 120 valence electrons. The minimum atomic E-state index is -0.263. The molecule has 3 heteroatoms. The number of rotatable bonds is 7. The highest BCUT2D eigenvalue weighted by atomic mass is 16.7. The van der Waals surface area contributed by atoms with Gasteiger partial charge >= 0.3 is 0 Å². The van der Waals surface area contributed by atoms with Gasteiger partial charge in [-0.25, -0.2) is 0 Å². The van der Waals surface area contributed by atoms with E-state index in [2.05, 4.69) is 36.2 Å². The van der Waals surface area contributed by atoms with Crippen molar-refractivity contribution in [3.8, 4) is 5.75 Å². The first-order valence-corrected chi connectivity index (χ1v) is 8.05. The third-order valence-corrected chi connectivity index (χ3v) is 4.04. The Hall–Kier alpha value is -2.10. The lowest BCUT2D eigenvalue weighted by Gasteiger charge is -2.31. The summed E-state index contributed by atoms with van der Waals surface area (Å²) in [7, 11) is 0. The maximum Gasteiger partial charge on any atom is 0.196 e. The van der Waals surface area contributed by atoms with Crippen LogP contribution in [-0.4, -0.2) is 19.4 Å². The predicted octanol–water partition coefficient (Wildman–Crippen LogP) is 3.87. The molecule has 0 aliphatic carbocycles. The third-order valence-electron chi connectivity index (χ3n) is 4.04. The second-order valence-electron chi connectivity index (χ2n) is 5.83. The lowest BCUT2D eigenvalue weighted by atomic mass is 9.93. The third kappa shape index (κ3) is 4.21. The highest BCUT2D eigenvalue weighted by molar-refractivity contribution is 5.36. The molecule has 1 fully saturated rings. The molecule has 2 aromatic carbocycles. The van der Waals surface area contributed by atoms with E-state index >= 15 is 0 Å². The second-order valence-corrected chi connectivity index (χ2v) is 5.83. The van der Waals surface area contributed by atoms with E-state index < -0.39 is 0 Å². The zero-order chi connectivity index (χ0) is 16.1. The molecule has 0 amide bonds. The first kappa shape index (κ1) is 15.8. The highest BCUT2D eigenvalue weighted by Gasteiger charge is 2.22. The summed E-state index contributed by atoms with van der Waals surface area (Å²) in [6, 6.07) is 18.7. The molecule has 1 aliphatic heterocycles. The fourth-order valence-electron chi connectivity index (χ4n) is 2.65. The van der Waals surface area contributed by atoms with Crippen LogP contribution in [0, 0.1) is 0 Å². The van der Waals surface area contributed by atoms with Gasteiger partial charge in [0.05, 0.1) is 12.6 Å². The molecular weight excluding hydrogens is 286 g/mol. The van der Waals surface area contributed by atoms with Crippen molar-refractivity contribution in [3.63, 3.8) is 0 Å². The van der Waals surface area contributed by atoms with E-state index in [4.69, 9.17) is 9.47 Å². The molecule has 0 radical (unpaired) electrons. The summed E-state index contributed by atoms with van der Waals surface area (Å²) in [6.07, 6.45) is 0.629. The molecule has 0 bridgehead atoms. The van der Waals surface area contributed by atoms with Crippen LogP contribution in [0.2, 0.25) is 0 Å². The van der Waals surface area contributed by atoms with E-state index in [1.807, 2.05) is 37.3 Å². The van der Waals surface area contributed by atoms with E-state index in [0.717, 1.165) is 18.7 Å². The molecule has 0 aromatic heterocycles. The van der Waals surface area contributed by atoms with E-state index in [1.165, 1.54) is 16.7 Å². The predicted molar refractivity (Wildman–Crippen MR) is 92.5 cm³/mol. The van der Waals surface area contributed by atoms with Crippen molar-refractivity contribution in [2.45, 2.75) is 25.7 Å². The van der Waals surface area contributed by atoms with Crippen LogP contribution < -0.4 is 10.1 Å². The summed E-state index contributed by atoms with van der Waals surface area (Å²) in [6.45, 7) is 7.52. The lowest BCUT2D eigenvalue weighted by Crippen LogP contribution is -2.37. The summed E-state index contributed by atoms with van der Waals surface area (Å²) < 4.78 is 11.5. The van der Waals surface area contributed by atoms with Crippen molar-refractivity contribution in [2.75, 3.05) is 13.2 Å². The average molecular weight is 309 g/mol. The lowest BCUT2D eigenvalue weighted by molar-refractivity contribution is -0.0654. The van der Waals surface area contributed by atoms with Gasteiger partial charge in [-0.1, -0.05) is 49.0 Å². The van der Waals surface area contributed by atoms with E-state index in [1.54, 1.807) is 0 Å². The van der Waals surface area contributed by atoms with E-state index in [0.29, 0.717) is 12.6 Å². The maximum atomic E-state index is 5.80. The van der Waals surface area contributed by atoms with Crippen molar-refractivity contribution in [2.24, 2.45) is 0 Å². The summed E-state index contributed by atoms with van der Waals surface area (Å²) >= 11 is 0. The number of ether oxygens (including phenoxy) is 2. The average Bonchev–Trinajstić information content (AvgIpc) is 2.56. The van der Waals surface area contributed by atoms with Gasteiger partial charge in [-0.15, -0.1) is 0 Å². The molecule has 2 aromatic rings. The molecule has 23 heavy (non-hydrogen) atoms. The van der Waals surface area contributed by atoms with Crippen molar-refractivity contribution in [1.29, 1.82) is 0 Å². The van der Waals surface area contributed by atoms with Crippen LogP contribution in [0.25, 0.3) is 0 Å². The molecular formula is C20H23NO2. The first-order chi connectivity index (χ1) is 11.2. The smallest absolute Gasteiger partial charge is 0.196 e. The van der Waals surface area contributed by atoms with Crippen molar-refractivity contribution < 1.29 is 9.47 Å². The zero-order valence-electron chi connectivity index (χ0n) is 13.5. The van der Waals surface area contributed by atoms with Gasteiger partial charge in [-0.3, -0.25) is 0 Å². The van der Waals surface area contributed by atoms with Crippen LogP contribution in [-0.2, 0) is 11.2 Å². The summed E-state index contributed by atoms with van der Waals surface area (Å²) in [5, 5.41) is 3.35. The Labute approximate surface area is 137 Å². The molecule has 1 saturated heterocycles. The van der Waals surface area contributed by atoms with Crippen LogP contribution >= 0.6 is 0 Å². The van der Waals surface area contributed by atoms with Gasteiger partial charge in [0.15, 0.2) is 6.29 Å².